The summed E-state index contributed by atoms with van der Waals surface area (Å²) in [5, 5.41) is 0. The van der Waals surface area contributed by atoms with Crippen molar-refractivity contribution in [3.8, 4) is 16.9 Å². The molecular formula is C28H30BrNO. The third-order valence-electron chi connectivity index (χ3n) is 5.40. The Labute approximate surface area is 196 Å². The van der Waals surface area contributed by atoms with Crippen LogP contribution in [0.25, 0.3) is 17.2 Å². The summed E-state index contributed by atoms with van der Waals surface area (Å²) >= 11 is 0. The summed E-state index contributed by atoms with van der Waals surface area (Å²) < 4.78 is 5.79. The summed E-state index contributed by atoms with van der Waals surface area (Å²) in [6.07, 6.45) is 10.8. The van der Waals surface area contributed by atoms with E-state index in [1.807, 2.05) is 6.07 Å². The summed E-state index contributed by atoms with van der Waals surface area (Å²) in [6, 6.07) is 25.8. The summed E-state index contributed by atoms with van der Waals surface area (Å²) in [6.45, 7) is 2.68. The molecule has 0 spiro atoms. The van der Waals surface area contributed by atoms with Crippen molar-refractivity contribution in [3.63, 3.8) is 0 Å². The van der Waals surface area contributed by atoms with Gasteiger partial charge in [-0.15, -0.1) is 17.0 Å². The van der Waals surface area contributed by atoms with Crippen LogP contribution in [-0.2, 0) is 13.0 Å². The molecule has 31 heavy (non-hydrogen) atoms. The normalized spacial score (nSPS) is 13.2. The molecule has 0 aromatic heterocycles. The molecule has 2 nitrogen and oxygen atoms in total. The number of ether oxygens (including phenoxy) is 1. The topological polar surface area (TPSA) is 12.5 Å². The van der Waals surface area contributed by atoms with Gasteiger partial charge in [0.15, 0.2) is 0 Å². The van der Waals surface area contributed by atoms with Crippen molar-refractivity contribution in [2.75, 3.05) is 20.2 Å². The molecule has 0 unspecified atom stereocenters. The number of halogens is 1. The van der Waals surface area contributed by atoms with E-state index in [9.17, 15) is 0 Å². The first kappa shape index (κ1) is 23.1. The molecule has 3 aromatic carbocycles. The summed E-state index contributed by atoms with van der Waals surface area (Å²) in [5.74, 6) is 1.07. The SMILES string of the molecule is Br.CN(C/C=C/C=C/c1ccc(-c2ccccc2)cc1)Cc1ccc2c(c1)OCCC2. The van der Waals surface area contributed by atoms with Gasteiger partial charge in [0.25, 0.3) is 0 Å². The predicted molar refractivity (Wildman–Crippen MR) is 137 cm³/mol. The third-order valence-corrected chi connectivity index (χ3v) is 5.40. The lowest BCUT2D eigenvalue weighted by Crippen LogP contribution is -2.18. The van der Waals surface area contributed by atoms with Gasteiger partial charge in [0.2, 0.25) is 0 Å². The summed E-state index contributed by atoms with van der Waals surface area (Å²) in [5.41, 5.74) is 6.36. The Balaban J connectivity index is 0.00000272. The van der Waals surface area contributed by atoms with Crippen molar-refractivity contribution >= 4 is 23.1 Å². The highest BCUT2D eigenvalue weighted by Crippen LogP contribution is 2.26. The maximum Gasteiger partial charge on any atom is 0.122 e. The zero-order valence-corrected chi connectivity index (χ0v) is 19.7. The van der Waals surface area contributed by atoms with Gasteiger partial charge in [0.05, 0.1) is 6.61 Å². The molecule has 0 radical (unpaired) electrons. The van der Waals surface area contributed by atoms with Crippen molar-refractivity contribution in [2.24, 2.45) is 0 Å². The van der Waals surface area contributed by atoms with Crippen LogP contribution in [0.2, 0.25) is 0 Å². The van der Waals surface area contributed by atoms with Crippen LogP contribution >= 0.6 is 17.0 Å². The van der Waals surface area contributed by atoms with Gasteiger partial charge in [-0.1, -0.05) is 91.0 Å². The monoisotopic (exact) mass is 475 g/mol. The van der Waals surface area contributed by atoms with Gasteiger partial charge < -0.3 is 4.74 Å². The lowest BCUT2D eigenvalue weighted by Gasteiger charge is -2.20. The summed E-state index contributed by atoms with van der Waals surface area (Å²) in [4.78, 5) is 2.31. The first-order valence-corrected chi connectivity index (χ1v) is 10.7. The lowest BCUT2D eigenvalue weighted by atomic mass is 10.0. The molecule has 0 atom stereocenters. The minimum atomic E-state index is 0. The highest BCUT2D eigenvalue weighted by molar-refractivity contribution is 8.93. The largest absolute Gasteiger partial charge is 0.493 e. The van der Waals surface area contributed by atoms with Gasteiger partial charge in [0, 0.05) is 13.1 Å². The predicted octanol–water partition coefficient (Wildman–Crippen LogP) is 6.96. The number of hydrogen-bond donors (Lipinski definition) is 0. The van der Waals surface area contributed by atoms with E-state index in [1.165, 1.54) is 27.8 Å². The van der Waals surface area contributed by atoms with E-state index >= 15 is 0 Å². The maximum absolute atomic E-state index is 5.79. The van der Waals surface area contributed by atoms with Crippen LogP contribution in [-0.4, -0.2) is 25.1 Å². The highest BCUT2D eigenvalue weighted by atomic mass is 79.9. The van der Waals surface area contributed by atoms with E-state index in [4.69, 9.17) is 4.74 Å². The average molecular weight is 476 g/mol. The van der Waals surface area contributed by atoms with E-state index in [0.717, 1.165) is 38.3 Å². The zero-order chi connectivity index (χ0) is 20.6. The van der Waals surface area contributed by atoms with Gasteiger partial charge in [0.1, 0.15) is 5.75 Å². The molecule has 1 aliphatic rings. The van der Waals surface area contributed by atoms with Crippen LogP contribution in [0.4, 0.5) is 0 Å². The van der Waals surface area contributed by atoms with Gasteiger partial charge >= 0.3 is 0 Å². The molecule has 3 heteroatoms. The number of likely N-dealkylation sites (N-methyl/N-ethyl adjacent to an activating group) is 1. The maximum atomic E-state index is 5.79. The van der Waals surface area contributed by atoms with Gasteiger partial charge in [-0.25, -0.2) is 0 Å². The number of benzene rings is 3. The van der Waals surface area contributed by atoms with Crippen molar-refractivity contribution in [1.82, 2.24) is 4.90 Å². The van der Waals surface area contributed by atoms with Crippen LogP contribution in [0.1, 0.15) is 23.1 Å². The quantitative estimate of drug-likeness (QED) is 0.342. The second-order valence-electron chi connectivity index (χ2n) is 7.87. The molecule has 0 fully saturated rings. The standard InChI is InChI=1S/C28H29NO.BrH/c1-29(22-24-15-18-27-12-8-20-30-28(27)21-24)19-7-3-4-9-23-13-16-26(17-14-23)25-10-5-2-6-11-25;/h2-7,9-11,13-18,21H,8,12,19-20,22H2,1H3;1H/b7-3+,9-4+;. The molecule has 4 rings (SSSR count). The van der Waals surface area contributed by atoms with Gasteiger partial charge in [-0.2, -0.15) is 0 Å². The Hall–Kier alpha value is -2.62. The molecule has 1 aliphatic heterocycles. The Morgan fingerprint density at radius 1 is 0.903 bits per heavy atom. The third kappa shape index (κ3) is 6.68. The molecule has 160 valence electrons. The number of fused-ring (bicyclic) bond motifs is 1. The van der Waals surface area contributed by atoms with Crippen LogP contribution in [0.15, 0.2) is 91.0 Å². The lowest BCUT2D eigenvalue weighted by molar-refractivity contribution is 0.287. The Bertz CT molecular complexity index is 1010. The molecular weight excluding hydrogens is 446 g/mol. The fourth-order valence-electron chi connectivity index (χ4n) is 3.76. The van der Waals surface area contributed by atoms with E-state index in [2.05, 4.69) is 103 Å². The van der Waals surface area contributed by atoms with E-state index in [1.54, 1.807) is 0 Å². The minimum Gasteiger partial charge on any atom is -0.493 e. The van der Waals surface area contributed by atoms with Crippen molar-refractivity contribution < 1.29 is 4.74 Å². The van der Waals surface area contributed by atoms with E-state index < -0.39 is 0 Å². The van der Waals surface area contributed by atoms with Crippen LogP contribution in [0.3, 0.4) is 0 Å². The molecule has 0 aliphatic carbocycles. The number of rotatable bonds is 7. The highest BCUT2D eigenvalue weighted by Gasteiger charge is 2.10. The molecule has 0 saturated carbocycles. The fourth-order valence-corrected chi connectivity index (χ4v) is 3.76. The van der Waals surface area contributed by atoms with Crippen LogP contribution in [0, 0.1) is 0 Å². The molecule has 3 aromatic rings. The summed E-state index contributed by atoms with van der Waals surface area (Å²) in [7, 11) is 2.15. The smallest absolute Gasteiger partial charge is 0.122 e. The second kappa shape index (κ2) is 11.7. The van der Waals surface area contributed by atoms with Gasteiger partial charge in [-0.3, -0.25) is 4.90 Å². The number of nitrogens with zero attached hydrogens (tertiary/aromatic N) is 1. The number of hydrogen-bond acceptors (Lipinski definition) is 2. The Morgan fingerprint density at radius 3 is 2.48 bits per heavy atom. The Morgan fingerprint density at radius 2 is 1.68 bits per heavy atom. The molecule has 0 saturated heterocycles. The van der Waals surface area contributed by atoms with E-state index in [0.29, 0.717) is 0 Å². The molecule has 1 heterocycles. The van der Waals surface area contributed by atoms with Crippen molar-refractivity contribution in [2.45, 2.75) is 19.4 Å². The molecule has 0 bridgehead atoms. The van der Waals surface area contributed by atoms with Crippen molar-refractivity contribution in [1.29, 1.82) is 0 Å². The zero-order valence-electron chi connectivity index (χ0n) is 18.0. The van der Waals surface area contributed by atoms with E-state index in [-0.39, 0.29) is 17.0 Å². The minimum absolute atomic E-state index is 0. The molecule has 0 N–H and O–H groups in total. The number of allylic oxidation sites excluding steroid dienone is 2. The first-order chi connectivity index (χ1) is 14.8. The average Bonchev–Trinajstić information content (AvgIpc) is 2.80. The Kier molecular flexibility index (Phi) is 8.69. The second-order valence-corrected chi connectivity index (χ2v) is 7.87. The van der Waals surface area contributed by atoms with Crippen LogP contribution < -0.4 is 4.74 Å². The van der Waals surface area contributed by atoms with Crippen LogP contribution in [0.5, 0.6) is 5.75 Å². The fraction of sp³-hybridized carbons (Fsp3) is 0.214. The number of aryl methyl sites for hydroxylation is 1. The van der Waals surface area contributed by atoms with Gasteiger partial charge in [-0.05, 0) is 53.8 Å². The van der Waals surface area contributed by atoms with Crippen molar-refractivity contribution in [3.05, 3.63) is 108 Å². The molecule has 0 amide bonds. The first-order valence-electron chi connectivity index (χ1n) is 10.7.